The van der Waals surface area contributed by atoms with Crippen molar-refractivity contribution < 1.29 is 13.2 Å². The zero-order valence-electron chi connectivity index (χ0n) is 16.3. The highest BCUT2D eigenvalue weighted by Crippen LogP contribution is 2.17. The molecule has 1 aliphatic heterocycles. The Morgan fingerprint density at radius 1 is 1.11 bits per heavy atom. The number of carbonyl (C=O) groups is 1. The van der Waals surface area contributed by atoms with Crippen LogP contribution in [-0.4, -0.2) is 44.9 Å². The van der Waals surface area contributed by atoms with Crippen LogP contribution in [0.3, 0.4) is 0 Å². The minimum absolute atomic E-state index is 0.0276. The van der Waals surface area contributed by atoms with Gasteiger partial charge in [0.05, 0.1) is 4.90 Å². The minimum Gasteiger partial charge on any atom is -0.380 e. The average Bonchev–Trinajstić information content (AvgIpc) is 3.13. The second-order valence-electron chi connectivity index (χ2n) is 7.23. The molecule has 0 bridgehead atoms. The summed E-state index contributed by atoms with van der Waals surface area (Å²) >= 11 is 0. The summed E-state index contributed by atoms with van der Waals surface area (Å²) in [7, 11) is -3.60. The number of benzene rings is 2. The van der Waals surface area contributed by atoms with E-state index in [0.717, 1.165) is 23.2 Å². The van der Waals surface area contributed by atoms with Crippen LogP contribution in [0.15, 0.2) is 53.4 Å². The lowest BCUT2D eigenvalue weighted by Gasteiger charge is -2.18. The van der Waals surface area contributed by atoms with Crippen molar-refractivity contribution in [2.45, 2.75) is 37.6 Å². The van der Waals surface area contributed by atoms with Gasteiger partial charge in [0.15, 0.2) is 0 Å². The number of nitrogens with zero attached hydrogens (tertiary/aromatic N) is 1. The fraction of sp³-hybridized carbons (Fsp3) is 0.381. The van der Waals surface area contributed by atoms with Crippen molar-refractivity contribution in [2.75, 3.05) is 25.0 Å². The summed E-state index contributed by atoms with van der Waals surface area (Å²) in [6, 6.07) is 15.2. The van der Waals surface area contributed by atoms with Crippen LogP contribution in [0.25, 0.3) is 0 Å². The molecule has 2 aromatic rings. The van der Waals surface area contributed by atoms with Gasteiger partial charge in [-0.3, -0.25) is 4.79 Å². The molecule has 1 saturated heterocycles. The van der Waals surface area contributed by atoms with Crippen LogP contribution in [0, 0.1) is 13.8 Å². The Bertz CT molecular complexity index is 929. The predicted octanol–water partition coefficient (Wildman–Crippen LogP) is 2.68. The SMILES string of the molecule is Cc1ccc(S(=O)(=O)NCCC(=O)N2CCC(Nc3ccccc3)C2)cc1C. The Hall–Kier alpha value is -2.38. The fourth-order valence-corrected chi connectivity index (χ4v) is 4.41. The number of amides is 1. The third-order valence-electron chi connectivity index (χ3n) is 5.11. The molecule has 1 atom stereocenters. The van der Waals surface area contributed by atoms with Gasteiger partial charge >= 0.3 is 0 Å². The third kappa shape index (κ3) is 5.11. The summed E-state index contributed by atoms with van der Waals surface area (Å²) in [6.07, 6.45) is 1.04. The molecule has 0 aromatic heterocycles. The highest BCUT2D eigenvalue weighted by molar-refractivity contribution is 7.89. The van der Waals surface area contributed by atoms with Crippen molar-refractivity contribution in [1.29, 1.82) is 0 Å². The molecule has 1 unspecified atom stereocenters. The number of hydrogen-bond donors (Lipinski definition) is 2. The van der Waals surface area contributed by atoms with Crippen molar-refractivity contribution in [3.8, 4) is 0 Å². The fourth-order valence-electron chi connectivity index (χ4n) is 3.29. The Kier molecular flexibility index (Phi) is 6.36. The Morgan fingerprint density at radius 2 is 1.86 bits per heavy atom. The number of anilines is 1. The van der Waals surface area contributed by atoms with E-state index in [-0.39, 0.29) is 29.8 Å². The van der Waals surface area contributed by atoms with E-state index in [0.29, 0.717) is 13.1 Å². The zero-order chi connectivity index (χ0) is 20.1. The van der Waals surface area contributed by atoms with Crippen LogP contribution in [0.2, 0.25) is 0 Å². The average molecular weight is 402 g/mol. The third-order valence-corrected chi connectivity index (χ3v) is 6.56. The molecule has 1 fully saturated rings. The van der Waals surface area contributed by atoms with E-state index < -0.39 is 10.0 Å². The molecular formula is C21H27N3O3S. The minimum atomic E-state index is -3.60. The molecule has 2 aromatic carbocycles. The number of para-hydroxylation sites is 1. The van der Waals surface area contributed by atoms with Crippen molar-refractivity contribution in [3.05, 3.63) is 59.7 Å². The first-order valence-electron chi connectivity index (χ1n) is 9.51. The Balaban J connectivity index is 1.47. The quantitative estimate of drug-likeness (QED) is 0.748. The first-order valence-corrected chi connectivity index (χ1v) is 11.0. The van der Waals surface area contributed by atoms with Gasteiger partial charge in [0.2, 0.25) is 15.9 Å². The van der Waals surface area contributed by atoms with E-state index in [9.17, 15) is 13.2 Å². The number of hydrogen-bond acceptors (Lipinski definition) is 4. The molecule has 0 radical (unpaired) electrons. The van der Waals surface area contributed by atoms with E-state index in [2.05, 4.69) is 10.0 Å². The molecule has 0 saturated carbocycles. The maximum Gasteiger partial charge on any atom is 0.240 e. The molecule has 7 heteroatoms. The monoisotopic (exact) mass is 401 g/mol. The lowest BCUT2D eigenvalue weighted by molar-refractivity contribution is -0.129. The normalized spacial score (nSPS) is 16.9. The summed E-state index contributed by atoms with van der Waals surface area (Å²) in [5, 5.41) is 3.43. The van der Waals surface area contributed by atoms with Gasteiger partial charge in [-0.05, 0) is 55.7 Å². The molecule has 6 nitrogen and oxygen atoms in total. The predicted molar refractivity (Wildman–Crippen MR) is 111 cm³/mol. The summed E-state index contributed by atoms with van der Waals surface area (Å²) in [5.74, 6) is -0.0276. The number of sulfonamides is 1. The van der Waals surface area contributed by atoms with E-state index in [1.54, 1.807) is 23.1 Å². The molecule has 1 aliphatic rings. The molecule has 3 rings (SSSR count). The smallest absolute Gasteiger partial charge is 0.240 e. The van der Waals surface area contributed by atoms with E-state index >= 15 is 0 Å². The van der Waals surface area contributed by atoms with Gasteiger partial charge in [0, 0.05) is 37.8 Å². The van der Waals surface area contributed by atoms with Crippen molar-refractivity contribution in [3.63, 3.8) is 0 Å². The molecule has 1 amide bonds. The van der Waals surface area contributed by atoms with Crippen LogP contribution in [-0.2, 0) is 14.8 Å². The maximum absolute atomic E-state index is 12.4. The van der Waals surface area contributed by atoms with Gasteiger partial charge in [-0.2, -0.15) is 0 Å². The number of aryl methyl sites for hydroxylation is 2. The second-order valence-corrected chi connectivity index (χ2v) is 9.00. The van der Waals surface area contributed by atoms with Crippen LogP contribution in [0.5, 0.6) is 0 Å². The number of rotatable bonds is 7. The number of nitrogens with one attached hydrogen (secondary N) is 2. The highest BCUT2D eigenvalue weighted by atomic mass is 32.2. The van der Waals surface area contributed by atoms with Crippen molar-refractivity contribution in [1.82, 2.24) is 9.62 Å². The van der Waals surface area contributed by atoms with Crippen LogP contribution in [0.1, 0.15) is 24.0 Å². The molecular weight excluding hydrogens is 374 g/mol. The first-order chi connectivity index (χ1) is 13.3. The number of likely N-dealkylation sites (tertiary alicyclic amines) is 1. The van der Waals surface area contributed by atoms with Crippen LogP contribution < -0.4 is 10.0 Å². The lowest BCUT2D eigenvalue weighted by atomic mass is 10.1. The van der Waals surface area contributed by atoms with Crippen molar-refractivity contribution in [2.24, 2.45) is 0 Å². The van der Waals surface area contributed by atoms with E-state index in [1.165, 1.54) is 0 Å². The molecule has 0 aliphatic carbocycles. The largest absolute Gasteiger partial charge is 0.380 e. The molecule has 28 heavy (non-hydrogen) atoms. The number of carbonyl (C=O) groups excluding carboxylic acids is 1. The second kappa shape index (κ2) is 8.75. The maximum atomic E-state index is 12.4. The first kappa shape index (κ1) is 20.4. The van der Waals surface area contributed by atoms with Gasteiger partial charge in [0.25, 0.3) is 0 Å². The Labute approximate surface area is 167 Å². The molecule has 150 valence electrons. The van der Waals surface area contributed by atoms with E-state index in [4.69, 9.17) is 0 Å². The standard InChI is InChI=1S/C21H27N3O3S/c1-16-8-9-20(14-17(16)2)28(26,27)22-12-10-21(25)24-13-11-19(15-24)23-18-6-4-3-5-7-18/h3-9,14,19,22-23H,10-13,15H2,1-2H3. The zero-order valence-corrected chi connectivity index (χ0v) is 17.1. The van der Waals surface area contributed by atoms with Gasteiger partial charge in [-0.25, -0.2) is 13.1 Å². The van der Waals surface area contributed by atoms with Gasteiger partial charge in [0.1, 0.15) is 0 Å². The Morgan fingerprint density at radius 3 is 2.57 bits per heavy atom. The topological polar surface area (TPSA) is 78.5 Å². The summed E-state index contributed by atoms with van der Waals surface area (Å²) < 4.78 is 27.4. The summed E-state index contributed by atoms with van der Waals surface area (Å²) in [4.78, 5) is 14.5. The molecule has 0 spiro atoms. The van der Waals surface area contributed by atoms with Gasteiger partial charge in [-0.1, -0.05) is 24.3 Å². The van der Waals surface area contributed by atoms with Crippen LogP contribution in [0.4, 0.5) is 5.69 Å². The van der Waals surface area contributed by atoms with Gasteiger partial charge in [-0.15, -0.1) is 0 Å². The molecule has 2 N–H and O–H groups in total. The van der Waals surface area contributed by atoms with Gasteiger partial charge < -0.3 is 10.2 Å². The summed E-state index contributed by atoms with van der Waals surface area (Å²) in [6.45, 7) is 5.24. The lowest BCUT2D eigenvalue weighted by Crippen LogP contribution is -2.34. The van der Waals surface area contributed by atoms with Crippen molar-refractivity contribution >= 4 is 21.6 Å². The van der Waals surface area contributed by atoms with E-state index in [1.807, 2.05) is 44.2 Å². The summed E-state index contributed by atoms with van der Waals surface area (Å²) in [5.41, 5.74) is 3.01. The molecule has 1 heterocycles. The van der Waals surface area contributed by atoms with Crippen LogP contribution >= 0.6 is 0 Å². The highest BCUT2D eigenvalue weighted by Gasteiger charge is 2.26.